The molecule has 2 amide bonds. The maximum Gasteiger partial charge on any atom is 0.276 e. The van der Waals surface area contributed by atoms with E-state index >= 15 is 0 Å². The number of aryl methyl sites for hydroxylation is 1. The van der Waals surface area contributed by atoms with Crippen molar-refractivity contribution in [3.05, 3.63) is 60.2 Å². The molecular weight excluding hydrogens is 292 g/mol. The van der Waals surface area contributed by atoms with Gasteiger partial charge in [-0.05, 0) is 37.3 Å². The topological polar surface area (TPSA) is 75.5 Å². The van der Waals surface area contributed by atoms with E-state index in [0.29, 0.717) is 17.1 Å². The Morgan fingerprint density at radius 2 is 1.78 bits per heavy atom. The highest BCUT2D eigenvalue weighted by Crippen LogP contribution is 2.18. The van der Waals surface area contributed by atoms with E-state index < -0.39 is 0 Å². The Bertz CT molecular complexity index is 898. The fraction of sp³-hybridized carbons (Fsp3) is 0.118. The Kier molecular flexibility index (Phi) is 3.80. The Morgan fingerprint density at radius 1 is 1.04 bits per heavy atom. The third-order valence-electron chi connectivity index (χ3n) is 3.38. The molecule has 0 fully saturated rings. The van der Waals surface area contributed by atoms with Gasteiger partial charge in [0.2, 0.25) is 5.91 Å². The van der Waals surface area contributed by atoms with Crippen LogP contribution in [0.25, 0.3) is 5.52 Å². The average Bonchev–Trinajstić information content (AvgIpc) is 2.85. The smallest absolute Gasteiger partial charge is 0.276 e. The number of aromatic nitrogens is 2. The molecule has 0 aliphatic rings. The van der Waals surface area contributed by atoms with Crippen molar-refractivity contribution in [2.75, 3.05) is 10.6 Å². The average molecular weight is 308 g/mol. The lowest BCUT2D eigenvalue weighted by Gasteiger charge is -2.07. The van der Waals surface area contributed by atoms with Gasteiger partial charge in [0.1, 0.15) is 5.82 Å². The van der Waals surface area contributed by atoms with Gasteiger partial charge in [-0.2, -0.15) is 0 Å². The van der Waals surface area contributed by atoms with E-state index in [1.165, 1.54) is 6.92 Å². The molecule has 6 heteroatoms. The quantitative estimate of drug-likeness (QED) is 0.781. The lowest BCUT2D eigenvalue weighted by Crippen LogP contribution is -2.13. The molecular formula is C17H16N4O2. The molecule has 0 bridgehead atoms. The fourth-order valence-corrected chi connectivity index (χ4v) is 2.43. The third kappa shape index (κ3) is 3.06. The molecule has 2 N–H and O–H groups in total. The summed E-state index contributed by atoms with van der Waals surface area (Å²) in [6.45, 7) is 3.28. The molecule has 6 nitrogen and oxygen atoms in total. The van der Waals surface area contributed by atoms with Crippen LogP contribution in [0, 0.1) is 6.92 Å². The first kappa shape index (κ1) is 14.8. The molecule has 0 saturated carbocycles. The number of nitrogens with zero attached hydrogens (tertiary/aromatic N) is 2. The molecule has 0 atom stereocenters. The zero-order chi connectivity index (χ0) is 16.4. The summed E-state index contributed by atoms with van der Waals surface area (Å²) >= 11 is 0. The van der Waals surface area contributed by atoms with Crippen molar-refractivity contribution in [3.63, 3.8) is 0 Å². The molecule has 2 aromatic heterocycles. The minimum atomic E-state index is -0.290. The monoisotopic (exact) mass is 308 g/mol. The molecule has 3 rings (SSSR count). The number of imidazole rings is 1. The summed E-state index contributed by atoms with van der Waals surface area (Å²) in [5, 5.41) is 5.49. The van der Waals surface area contributed by atoms with Crippen molar-refractivity contribution in [2.45, 2.75) is 13.8 Å². The first-order valence-electron chi connectivity index (χ1n) is 7.17. The first-order valence-corrected chi connectivity index (χ1v) is 7.17. The SMILES string of the molecule is CC(=O)Nc1cccc(NC(=O)c2nc(C)n3ccccc23)c1. The van der Waals surface area contributed by atoms with Crippen LogP contribution in [0.5, 0.6) is 0 Å². The highest BCUT2D eigenvalue weighted by atomic mass is 16.2. The summed E-state index contributed by atoms with van der Waals surface area (Å²) in [5.74, 6) is 0.295. The molecule has 0 aliphatic carbocycles. The number of anilines is 2. The van der Waals surface area contributed by atoms with Gasteiger partial charge in [0.05, 0.1) is 5.52 Å². The van der Waals surface area contributed by atoms with Crippen molar-refractivity contribution >= 4 is 28.7 Å². The number of benzene rings is 1. The van der Waals surface area contributed by atoms with Gasteiger partial charge in [0, 0.05) is 24.5 Å². The van der Waals surface area contributed by atoms with E-state index in [0.717, 1.165) is 11.3 Å². The van der Waals surface area contributed by atoms with Crippen molar-refractivity contribution in [3.8, 4) is 0 Å². The minimum absolute atomic E-state index is 0.163. The lowest BCUT2D eigenvalue weighted by molar-refractivity contribution is -0.114. The van der Waals surface area contributed by atoms with E-state index in [2.05, 4.69) is 15.6 Å². The zero-order valence-electron chi connectivity index (χ0n) is 12.8. The highest BCUT2D eigenvalue weighted by molar-refractivity contribution is 6.07. The standard InChI is InChI=1S/C17H16N4O2/c1-11-18-16(15-8-3-4-9-21(11)15)17(23)20-14-7-5-6-13(10-14)19-12(2)22/h3-10H,1-2H3,(H,19,22)(H,20,23). The van der Waals surface area contributed by atoms with Gasteiger partial charge in [-0.1, -0.05) is 12.1 Å². The molecule has 2 heterocycles. The van der Waals surface area contributed by atoms with Crippen LogP contribution >= 0.6 is 0 Å². The van der Waals surface area contributed by atoms with E-state index in [9.17, 15) is 9.59 Å². The largest absolute Gasteiger partial charge is 0.326 e. The number of rotatable bonds is 3. The molecule has 1 aromatic carbocycles. The number of nitrogens with one attached hydrogen (secondary N) is 2. The Labute approximate surface area is 133 Å². The van der Waals surface area contributed by atoms with Gasteiger partial charge in [0.25, 0.3) is 5.91 Å². The number of hydrogen-bond acceptors (Lipinski definition) is 3. The Morgan fingerprint density at radius 3 is 2.52 bits per heavy atom. The van der Waals surface area contributed by atoms with Crippen LogP contribution in [0.2, 0.25) is 0 Å². The van der Waals surface area contributed by atoms with Crippen molar-refractivity contribution in [2.24, 2.45) is 0 Å². The van der Waals surface area contributed by atoms with Crippen LogP contribution in [-0.4, -0.2) is 21.2 Å². The van der Waals surface area contributed by atoms with Crippen LogP contribution in [-0.2, 0) is 4.79 Å². The van der Waals surface area contributed by atoms with Gasteiger partial charge in [-0.25, -0.2) is 4.98 Å². The zero-order valence-corrected chi connectivity index (χ0v) is 12.8. The molecule has 0 spiro atoms. The summed E-state index contributed by atoms with van der Waals surface area (Å²) in [7, 11) is 0. The second-order valence-electron chi connectivity index (χ2n) is 5.18. The summed E-state index contributed by atoms with van der Waals surface area (Å²) < 4.78 is 1.86. The van der Waals surface area contributed by atoms with Gasteiger partial charge in [0.15, 0.2) is 5.69 Å². The lowest BCUT2D eigenvalue weighted by atomic mass is 10.2. The van der Waals surface area contributed by atoms with E-state index in [-0.39, 0.29) is 11.8 Å². The molecule has 116 valence electrons. The molecule has 3 aromatic rings. The number of carbonyl (C=O) groups excluding carboxylic acids is 2. The number of hydrogen-bond donors (Lipinski definition) is 2. The fourth-order valence-electron chi connectivity index (χ4n) is 2.43. The summed E-state index contributed by atoms with van der Waals surface area (Å²) in [6.07, 6.45) is 1.87. The molecule has 0 aliphatic heterocycles. The number of carbonyl (C=O) groups is 2. The van der Waals surface area contributed by atoms with E-state index in [4.69, 9.17) is 0 Å². The minimum Gasteiger partial charge on any atom is -0.326 e. The maximum atomic E-state index is 12.5. The summed E-state index contributed by atoms with van der Waals surface area (Å²) in [5.41, 5.74) is 2.34. The van der Waals surface area contributed by atoms with Crippen molar-refractivity contribution < 1.29 is 9.59 Å². The van der Waals surface area contributed by atoms with Crippen molar-refractivity contribution in [1.29, 1.82) is 0 Å². The highest BCUT2D eigenvalue weighted by Gasteiger charge is 2.15. The van der Waals surface area contributed by atoms with E-state index in [1.54, 1.807) is 24.3 Å². The van der Waals surface area contributed by atoms with Crippen LogP contribution in [0.1, 0.15) is 23.2 Å². The van der Waals surface area contributed by atoms with Crippen LogP contribution in [0.4, 0.5) is 11.4 Å². The first-order chi connectivity index (χ1) is 11.0. The van der Waals surface area contributed by atoms with Crippen LogP contribution in [0.15, 0.2) is 48.7 Å². The number of amides is 2. The third-order valence-corrected chi connectivity index (χ3v) is 3.38. The summed E-state index contributed by atoms with van der Waals surface area (Å²) in [4.78, 5) is 27.9. The van der Waals surface area contributed by atoms with Crippen LogP contribution in [0.3, 0.4) is 0 Å². The van der Waals surface area contributed by atoms with Gasteiger partial charge in [-0.3, -0.25) is 9.59 Å². The molecule has 0 unspecified atom stereocenters. The molecule has 0 radical (unpaired) electrons. The Balaban J connectivity index is 1.88. The molecule has 23 heavy (non-hydrogen) atoms. The predicted molar refractivity (Wildman–Crippen MR) is 88.6 cm³/mol. The van der Waals surface area contributed by atoms with Gasteiger partial charge < -0.3 is 15.0 Å². The van der Waals surface area contributed by atoms with Gasteiger partial charge in [-0.15, -0.1) is 0 Å². The normalized spacial score (nSPS) is 10.5. The second-order valence-corrected chi connectivity index (χ2v) is 5.18. The van der Waals surface area contributed by atoms with Crippen LogP contribution < -0.4 is 10.6 Å². The predicted octanol–water partition coefficient (Wildman–Crippen LogP) is 2.85. The molecule has 0 saturated heterocycles. The van der Waals surface area contributed by atoms with Crippen molar-refractivity contribution in [1.82, 2.24) is 9.38 Å². The second kappa shape index (κ2) is 5.92. The summed E-state index contributed by atoms with van der Waals surface area (Å²) in [6, 6.07) is 12.6. The number of pyridine rings is 1. The van der Waals surface area contributed by atoms with Gasteiger partial charge >= 0.3 is 0 Å². The maximum absolute atomic E-state index is 12.5. The van der Waals surface area contributed by atoms with E-state index in [1.807, 2.05) is 35.7 Å². The number of fused-ring (bicyclic) bond motifs is 1. The Hall–Kier alpha value is -3.15.